The summed E-state index contributed by atoms with van der Waals surface area (Å²) in [7, 11) is 1.82. The number of ketones is 1. The molecule has 2 fully saturated rings. The van der Waals surface area contributed by atoms with Crippen molar-refractivity contribution in [1.29, 1.82) is 0 Å². The van der Waals surface area contributed by atoms with Gasteiger partial charge in [0.25, 0.3) is 0 Å². The van der Waals surface area contributed by atoms with Gasteiger partial charge >= 0.3 is 0 Å². The van der Waals surface area contributed by atoms with Crippen molar-refractivity contribution < 1.29 is 9.53 Å². The molecule has 18 heavy (non-hydrogen) atoms. The number of rotatable bonds is 7. The van der Waals surface area contributed by atoms with E-state index in [4.69, 9.17) is 4.74 Å². The quantitative estimate of drug-likeness (QED) is 0.641. The van der Waals surface area contributed by atoms with Crippen LogP contribution in [0.5, 0.6) is 0 Å². The second-order valence-electron chi connectivity index (χ2n) is 6.26. The number of fused-ring (bicyclic) bond motifs is 1. The van der Waals surface area contributed by atoms with E-state index in [1.807, 2.05) is 7.11 Å². The molecule has 0 bridgehead atoms. The maximum Gasteiger partial charge on any atom is 0.133 e. The van der Waals surface area contributed by atoms with E-state index in [0.29, 0.717) is 11.9 Å². The lowest BCUT2D eigenvalue weighted by Gasteiger charge is -2.18. The summed E-state index contributed by atoms with van der Waals surface area (Å²) in [5.41, 5.74) is 0. The van der Waals surface area contributed by atoms with Gasteiger partial charge in [-0.2, -0.15) is 0 Å². The first-order valence-corrected chi connectivity index (χ1v) is 7.79. The Morgan fingerprint density at radius 1 is 1.28 bits per heavy atom. The molecule has 2 aliphatic rings. The Bertz CT molecular complexity index is 270. The monoisotopic (exact) mass is 252 g/mol. The molecule has 2 heteroatoms. The second-order valence-corrected chi connectivity index (χ2v) is 6.26. The molecule has 2 aliphatic carbocycles. The minimum Gasteiger partial charge on any atom is -0.381 e. The molecule has 0 unspecified atom stereocenters. The molecule has 0 aromatic rings. The van der Waals surface area contributed by atoms with E-state index in [1.54, 1.807) is 0 Å². The molecule has 0 heterocycles. The molecule has 0 saturated heterocycles. The summed E-state index contributed by atoms with van der Waals surface area (Å²) in [6.07, 6.45) is 11.2. The number of hydrogen-bond acceptors (Lipinski definition) is 2. The van der Waals surface area contributed by atoms with Crippen LogP contribution >= 0.6 is 0 Å². The average molecular weight is 252 g/mol. The average Bonchev–Trinajstić information content (AvgIpc) is 2.89. The van der Waals surface area contributed by atoms with Gasteiger partial charge in [-0.3, -0.25) is 4.79 Å². The summed E-state index contributed by atoms with van der Waals surface area (Å²) in [5, 5.41) is 0. The zero-order valence-corrected chi connectivity index (χ0v) is 12.0. The molecular weight excluding hydrogens is 224 g/mol. The second kappa shape index (κ2) is 6.70. The molecule has 2 nitrogen and oxygen atoms in total. The van der Waals surface area contributed by atoms with E-state index < -0.39 is 0 Å². The van der Waals surface area contributed by atoms with E-state index in [2.05, 4.69) is 6.92 Å². The number of carbonyl (C=O) groups excluding carboxylic acids is 1. The molecule has 0 N–H and O–H groups in total. The highest BCUT2D eigenvalue weighted by Gasteiger charge is 2.42. The van der Waals surface area contributed by atoms with E-state index in [0.717, 1.165) is 37.0 Å². The van der Waals surface area contributed by atoms with Crippen LogP contribution in [0.25, 0.3) is 0 Å². The number of hydrogen-bond donors (Lipinski definition) is 0. The molecule has 2 rings (SSSR count). The molecular formula is C16H28O2. The molecule has 4 atom stereocenters. The normalized spacial score (nSPS) is 32.8. The van der Waals surface area contributed by atoms with Gasteiger partial charge in [0.2, 0.25) is 0 Å². The van der Waals surface area contributed by atoms with Crippen LogP contribution in [0, 0.1) is 17.8 Å². The van der Waals surface area contributed by atoms with Crippen LogP contribution < -0.4 is 0 Å². The SMILES string of the molecule is CC[C@H](CCCC[C@@H]1CC[C@H]2CC(=O)C[C@@H]12)OC. The Kier molecular flexibility index (Phi) is 5.23. The van der Waals surface area contributed by atoms with Gasteiger partial charge in [0.15, 0.2) is 0 Å². The first kappa shape index (κ1) is 14.0. The van der Waals surface area contributed by atoms with Crippen LogP contribution in [0.15, 0.2) is 0 Å². The van der Waals surface area contributed by atoms with Gasteiger partial charge in [0.1, 0.15) is 5.78 Å². The van der Waals surface area contributed by atoms with Crippen molar-refractivity contribution in [1.82, 2.24) is 0 Å². The lowest BCUT2D eigenvalue weighted by molar-refractivity contribution is -0.118. The largest absolute Gasteiger partial charge is 0.381 e. The summed E-state index contributed by atoms with van der Waals surface area (Å²) in [6.45, 7) is 2.19. The van der Waals surface area contributed by atoms with Crippen molar-refractivity contribution in [3.63, 3.8) is 0 Å². The van der Waals surface area contributed by atoms with Crippen LogP contribution in [0.3, 0.4) is 0 Å². The van der Waals surface area contributed by atoms with Gasteiger partial charge in [-0.25, -0.2) is 0 Å². The van der Waals surface area contributed by atoms with Gasteiger partial charge < -0.3 is 4.74 Å². The lowest BCUT2D eigenvalue weighted by atomic mass is 9.88. The number of ether oxygens (including phenoxy) is 1. The Balaban J connectivity index is 1.64. The summed E-state index contributed by atoms with van der Waals surface area (Å²) in [6, 6.07) is 0. The third-order valence-electron chi connectivity index (χ3n) is 5.21. The highest BCUT2D eigenvalue weighted by atomic mass is 16.5. The Morgan fingerprint density at radius 3 is 2.83 bits per heavy atom. The molecule has 0 spiro atoms. The summed E-state index contributed by atoms with van der Waals surface area (Å²) >= 11 is 0. The summed E-state index contributed by atoms with van der Waals surface area (Å²) in [4.78, 5) is 11.5. The van der Waals surface area contributed by atoms with Crippen molar-refractivity contribution in [2.45, 2.75) is 70.8 Å². The van der Waals surface area contributed by atoms with E-state index in [9.17, 15) is 4.79 Å². The Labute approximate surface area is 111 Å². The maximum atomic E-state index is 11.5. The first-order valence-electron chi connectivity index (χ1n) is 7.79. The van der Waals surface area contributed by atoms with Crippen LogP contribution in [0.4, 0.5) is 0 Å². The molecule has 0 aromatic carbocycles. The van der Waals surface area contributed by atoms with Gasteiger partial charge in [-0.05, 0) is 43.4 Å². The topological polar surface area (TPSA) is 26.3 Å². The van der Waals surface area contributed by atoms with Gasteiger partial charge in [0.05, 0.1) is 6.10 Å². The number of methoxy groups -OCH3 is 1. The Morgan fingerprint density at radius 2 is 2.11 bits per heavy atom. The molecule has 0 aromatic heterocycles. The molecule has 0 radical (unpaired) electrons. The number of carbonyl (C=O) groups is 1. The zero-order chi connectivity index (χ0) is 13.0. The summed E-state index contributed by atoms with van der Waals surface area (Å²) < 4.78 is 5.41. The fourth-order valence-corrected chi connectivity index (χ4v) is 4.09. The maximum absolute atomic E-state index is 11.5. The molecule has 0 amide bonds. The molecule has 2 saturated carbocycles. The Hall–Kier alpha value is -0.370. The van der Waals surface area contributed by atoms with Gasteiger partial charge in [0, 0.05) is 20.0 Å². The predicted octanol–water partition coefficient (Wildman–Crippen LogP) is 3.98. The van der Waals surface area contributed by atoms with Crippen molar-refractivity contribution in [3.8, 4) is 0 Å². The number of unbranched alkanes of at least 4 members (excludes halogenated alkanes) is 1. The van der Waals surface area contributed by atoms with E-state index >= 15 is 0 Å². The highest BCUT2D eigenvalue weighted by Crippen LogP contribution is 2.47. The first-order chi connectivity index (χ1) is 8.74. The van der Waals surface area contributed by atoms with Crippen LogP contribution in [-0.2, 0) is 9.53 Å². The minimum atomic E-state index is 0.453. The van der Waals surface area contributed by atoms with Crippen molar-refractivity contribution in [2.24, 2.45) is 17.8 Å². The van der Waals surface area contributed by atoms with Crippen LogP contribution in [-0.4, -0.2) is 19.0 Å². The third-order valence-corrected chi connectivity index (χ3v) is 5.21. The highest BCUT2D eigenvalue weighted by molar-refractivity contribution is 5.81. The van der Waals surface area contributed by atoms with Gasteiger partial charge in [-0.15, -0.1) is 0 Å². The standard InChI is InChI=1S/C16H28O2/c1-3-15(18-2)7-5-4-6-12-8-9-13-10-14(17)11-16(12)13/h12-13,15-16H,3-11H2,1-2H3/t12-,13+,15-,16+/m1/s1. The summed E-state index contributed by atoms with van der Waals surface area (Å²) in [5.74, 6) is 2.89. The van der Waals surface area contributed by atoms with Gasteiger partial charge in [-0.1, -0.05) is 26.2 Å². The fraction of sp³-hybridized carbons (Fsp3) is 0.938. The lowest BCUT2D eigenvalue weighted by Crippen LogP contribution is -2.11. The van der Waals surface area contributed by atoms with E-state index in [-0.39, 0.29) is 0 Å². The fourth-order valence-electron chi connectivity index (χ4n) is 4.09. The smallest absolute Gasteiger partial charge is 0.133 e. The van der Waals surface area contributed by atoms with Crippen LogP contribution in [0.1, 0.15) is 64.7 Å². The van der Waals surface area contributed by atoms with Crippen molar-refractivity contribution >= 4 is 5.78 Å². The minimum absolute atomic E-state index is 0.453. The van der Waals surface area contributed by atoms with Crippen LogP contribution in [0.2, 0.25) is 0 Å². The predicted molar refractivity (Wildman–Crippen MR) is 73.5 cm³/mol. The molecule has 0 aliphatic heterocycles. The zero-order valence-electron chi connectivity index (χ0n) is 12.0. The van der Waals surface area contributed by atoms with Crippen molar-refractivity contribution in [3.05, 3.63) is 0 Å². The third kappa shape index (κ3) is 3.34. The van der Waals surface area contributed by atoms with E-state index in [1.165, 1.54) is 38.5 Å². The number of Topliss-reactive ketones (excluding diaryl/α,β-unsaturated/α-hetero) is 1. The molecule has 104 valence electrons. The van der Waals surface area contributed by atoms with Crippen molar-refractivity contribution in [2.75, 3.05) is 7.11 Å².